The predicted octanol–water partition coefficient (Wildman–Crippen LogP) is 4.65. The first-order valence-electron chi connectivity index (χ1n) is 8.35. The molecule has 0 aliphatic carbocycles. The molecular formula is C19H21N3O. The fourth-order valence-corrected chi connectivity index (χ4v) is 3.59. The second-order valence-corrected chi connectivity index (χ2v) is 6.24. The molecule has 1 fully saturated rings. The summed E-state index contributed by atoms with van der Waals surface area (Å²) in [7, 11) is 0. The number of furan rings is 1. The minimum atomic E-state index is 0.256. The Labute approximate surface area is 136 Å². The lowest BCUT2D eigenvalue weighted by molar-refractivity contribution is 0.438. The molecule has 0 saturated carbocycles. The van der Waals surface area contributed by atoms with Crippen LogP contribution in [0.1, 0.15) is 43.0 Å². The fourth-order valence-electron chi connectivity index (χ4n) is 3.59. The Balaban J connectivity index is 1.85. The Kier molecular flexibility index (Phi) is 3.74. The molecule has 0 radical (unpaired) electrons. The Morgan fingerprint density at radius 1 is 1.09 bits per heavy atom. The van der Waals surface area contributed by atoms with Gasteiger partial charge < -0.3 is 9.32 Å². The van der Waals surface area contributed by atoms with Crippen molar-refractivity contribution >= 4 is 16.7 Å². The molecular weight excluding hydrogens is 286 g/mol. The molecule has 0 N–H and O–H groups in total. The average Bonchev–Trinajstić information content (AvgIpc) is 3.00. The molecule has 1 saturated heterocycles. The normalized spacial score (nSPS) is 19.0. The molecule has 0 bridgehead atoms. The third kappa shape index (κ3) is 2.58. The number of nitrogens with zero attached hydrogens (tertiary/aromatic N) is 3. The van der Waals surface area contributed by atoms with Crippen LogP contribution in [-0.4, -0.2) is 16.5 Å². The van der Waals surface area contributed by atoms with Gasteiger partial charge in [0.25, 0.3) is 0 Å². The highest BCUT2D eigenvalue weighted by atomic mass is 16.3. The SMILES string of the molecule is Cc1cccc2c(N3CCCCCC3c3ccco3)ncnc12. The van der Waals surface area contributed by atoms with Gasteiger partial charge in [0.15, 0.2) is 0 Å². The molecule has 23 heavy (non-hydrogen) atoms. The van der Waals surface area contributed by atoms with Gasteiger partial charge in [-0.2, -0.15) is 0 Å². The van der Waals surface area contributed by atoms with E-state index in [0.29, 0.717) is 0 Å². The first-order valence-corrected chi connectivity index (χ1v) is 8.35. The van der Waals surface area contributed by atoms with Crippen molar-refractivity contribution in [1.29, 1.82) is 0 Å². The number of rotatable bonds is 2. The Morgan fingerprint density at radius 2 is 2.04 bits per heavy atom. The zero-order chi connectivity index (χ0) is 15.6. The predicted molar refractivity (Wildman–Crippen MR) is 91.5 cm³/mol. The maximum absolute atomic E-state index is 5.73. The van der Waals surface area contributed by atoms with Crippen molar-refractivity contribution in [3.8, 4) is 0 Å². The lowest BCUT2D eigenvalue weighted by atomic mass is 10.1. The molecule has 3 aromatic rings. The smallest absolute Gasteiger partial charge is 0.140 e. The molecule has 1 aliphatic heterocycles. The van der Waals surface area contributed by atoms with Gasteiger partial charge in [-0.25, -0.2) is 9.97 Å². The highest BCUT2D eigenvalue weighted by Gasteiger charge is 2.27. The van der Waals surface area contributed by atoms with Crippen molar-refractivity contribution in [2.75, 3.05) is 11.4 Å². The second kappa shape index (κ2) is 6.03. The van der Waals surface area contributed by atoms with Gasteiger partial charge in [0.05, 0.1) is 17.8 Å². The highest BCUT2D eigenvalue weighted by Crippen LogP contribution is 2.36. The van der Waals surface area contributed by atoms with Crippen molar-refractivity contribution in [2.24, 2.45) is 0 Å². The third-order valence-electron chi connectivity index (χ3n) is 4.74. The molecule has 4 rings (SSSR count). The number of fused-ring (bicyclic) bond motifs is 1. The van der Waals surface area contributed by atoms with E-state index in [9.17, 15) is 0 Å². The van der Waals surface area contributed by atoms with Crippen LogP contribution in [0, 0.1) is 6.92 Å². The maximum atomic E-state index is 5.73. The van der Waals surface area contributed by atoms with Crippen LogP contribution in [0.25, 0.3) is 10.9 Å². The van der Waals surface area contributed by atoms with Gasteiger partial charge in [-0.1, -0.05) is 25.0 Å². The van der Waals surface area contributed by atoms with Gasteiger partial charge in [-0.05, 0) is 43.5 Å². The fraction of sp³-hybridized carbons (Fsp3) is 0.368. The molecule has 1 atom stereocenters. The Bertz CT molecular complexity index is 797. The maximum Gasteiger partial charge on any atom is 0.140 e. The van der Waals surface area contributed by atoms with E-state index in [1.54, 1.807) is 12.6 Å². The third-order valence-corrected chi connectivity index (χ3v) is 4.74. The summed E-state index contributed by atoms with van der Waals surface area (Å²) in [5.74, 6) is 2.06. The second-order valence-electron chi connectivity index (χ2n) is 6.24. The average molecular weight is 307 g/mol. The van der Waals surface area contributed by atoms with Crippen LogP contribution in [0.5, 0.6) is 0 Å². The van der Waals surface area contributed by atoms with Gasteiger partial charge in [0.2, 0.25) is 0 Å². The van der Waals surface area contributed by atoms with E-state index in [0.717, 1.165) is 35.4 Å². The lowest BCUT2D eigenvalue weighted by Crippen LogP contribution is -2.29. The minimum Gasteiger partial charge on any atom is -0.467 e. The van der Waals surface area contributed by atoms with E-state index in [4.69, 9.17) is 4.42 Å². The van der Waals surface area contributed by atoms with Gasteiger partial charge in [-0.3, -0.25) is 0 Å². The topological polar surface area (TPSA) is 42.2 Å². The number of para-hydroxylation sites is 1. The van der Waals surface area contributed by atoms with E-state index < -0.39 is 0 Å². The largest absolute Gasteiger partial charge is 0.467 e. The summed E-state index contributed by atoms with van der Waals surface area (Å²) >= 11 is 0. The standard InChI is InChI=1S/C19H21N3O/c1-14-7-5-8-15-18(14)20-13-21-19(15)22-11-4-2-3-9-16(22)17-10-6-12-23-17/h5-8,10,12-13,16H,2-4,9,11H2,1H3. The van der Waals surface area contributed by atoms with Gasteiger partial charge in [0.1, 0.15) is 17.9 Å². The van der Waals surface area contributed by atoms with Crippen LogP contribution in [0.15, 0.2) is 47.3 Å². The zero-order valence-electron chi connectivity index (χ0n) is 13.4. The van der Waals surface area contributed by atoms with Crippen LogP contribution in [0.2, 0.25) is 0 Å². The molecule has 1 aromatic carbocycles. The number of hydrogen-bond donors (Lipinski definition) is 0. The summed E-state index contributed by atoms with van der Waals surface area (Å²) in [6.45, 7) is 3.11. The van der Waals surface area contributed by atoms with Gasteiger partial charge in [-0.15, -0.1) is 0 Å². The van der Waals surface area contributed by atoms with Crippen molar-refractivity contribution in [1.82, 2.24) is 9.97 Å². The van der Waals surface area contributed by atoms with E-state index in [-0.39, 0.29) is 6.04 Å². The van der Waals surface area contributed by atoms with Crippen LogP contribution >= 0.6 is 0 Å². The van der Waals surface area contributed by atoms with Crippen LogP contribution < -0.4 is 4.90 Å². The Hall–Kier alpha value is -2.36. The van der Waals surface area contributed by atoms with Gasteiger partial charge >= 0.3 is 0 Å². The number of aryl methyl sites for hydroxylation is 1. The minimum absolute atomic E-state index is 0.256. The van der Waals surface area contributed by atoms with E-state index >= 15 is 0 Å². The van der Waals surface area contributed by atoms with E-state index in [2.05, 4.69) is 46.1 Å². The number of anilines is 1. The highest BCUT2D eigenvalue weighted by molar-refractivity contribution is 5.91. The molecule has 1 unspecified atom stereocenters. The molecule has 0 amide bonds. The summed E-state index contributed by atoms with van der Waals surface area (Å²) in [6, 6.07) is 10.6. The molecule has 4 heteroatoms. The molecule has 1 aliphatic rings. The van der Waals surface area contributed by atoms with Crippen molar-refractivity contribution in [2.45, 2.75) is 38.6 Å². The Morgan fingerprint density at radius 3 is 2.91 bits per heavy atom. The summed E-state index contributed by atoms with van der Waals surface area (Å²) in [5.41, 5.74) is 2.23. The number of aromatic nitrogens is 2. The van der Waals surface area contributed by atoms with Gasteiger partial charge in [0, 0.05) is 11.9 Å². The zero-order valence-corrected chi connectivity index (χ0v) is 13.4. The molecule has 2 aromatic heterocycles. The summed E-state index contributed by atoms with van der Waals surface area (Å²) in [4.78, 5) is 11.5. The van der Waals surface area contributed by atoms with E-state index in [1.807, 2.05) is 6.07 Å². The lowest BCUT2D eigenvalue weighted by Gasteiger charge is -2.30. The molecule has 0 spiro atoms. The monoisotopic (exact) mass is 307 g/mol. The molecule has 4 nitrogen and oxygen atoms in total. The summed E-state index contributed by atoms with van der Waals surface area (Å²) in [5, 5.41) is 1.13. The van der Waals surface area contributed by atoms with E-state index in [1.165, 1.54) is 24.8 Å². The molecule has 118 valence electrons. The summed E-state index contributed by atoms with van der Waals surface area (Å²) < 4.78 is 5.73. The van der Waals surface area contributed by atoms with Crippen LogP contribution in [0.4, 0.5) is 5.82 Å². The van der Waals surface area contributed by atoms with Crippen molar-refractivity contribution in [3.05, 3.63) is 54.2 Å². The number of benzene rings is 1. The number of hydrogen-bond acceptors (Lipinski definition) is 4. The van der Waals surface area contributed by atoms with Crippen LogP contribution in [0.3, 0.4) is 0 Å². The summed E-state index contributed by atoms with van der Waals surface area (Å²) in [6.07, 6.45) is 8.23. The first-order chi connectivity index (χ1) is 11.3. The first kappa shape index (κ1) is 14.2. The quantitative estimate of drug-likeness (QED) is 0.691. The van der Waals surface area contributed by atoms with Crippen molar-refractivity contribution in [3.63, 3.8) is 0 Å². The van der Waals surface area contributed by atoms with Crippen LogP contribution in [-0.2, 0) is 0 Å². The van der Waals surface area contributed by atoms with Crippen molar-refractivity contribution < 1.29 is 4.42 Å². The molecule has 3 heterocycles.